The summed E-state index contributed by atoms with van der Waals surface area (Å²) in [4.78, 5) is 17.6. The normalized spacial score (nSPS) is 33.8. The molecule has 0 N–H and O–H groups in total. The second-order valence-corrected chi connectivity index (χ2v) is 6.50. The van der Waals surface area contributed by atoms with Crippen LogP contribution in [-0.4, -0.2) is 52.6 Å². The van der Waals surface area contributed by atoms with Crippen molar-refractivity contribution in [2.75, 3.05) is 19.6 Å². The van der Waals surface area contributed by atoms with Crippen LogP contribution in [0.3, 0.4) is 0 Å². The topological polar surface area (TPSA) is 49.6 Å². The van der Waals surface area contributed by atoms with Crippen molar-refractivity contribution in [3.8, 4) is 0 Å². The first-order valence-corrected chi connectivity index (χ1v) is 7.71. The number of amides is 1. The first-order valence-electron chi connectivity index (χ1n) is 7.71. The molecule has 3 bridgehead atoms. The molecule has 21 heavy (non-hydrogen) atoms. The summed E-state index contributed by atoms with van der Waals surface area (Å²) in [5.41, 5.74) is 1.17. The molecule has 1 aromatic carbocycles. The molecule has 0 aliphatic carbocycles. The van der Waals surface area contributed by atoms with Crippen LogP contribution in [0.15, 0.2) is 28.8 Å². The first kappa shape index (κ1) is 11.7. The van der Waals surface area contributed by atoms with E-state index in [4.69, 9.17) is 4.52 Å². The quantitative estimate of drug-likeness (QED) is 0.800. The number of benzene rings is 1. The lowest BCUT2D eigenvalue weighted by atomic mass is 9.93. The van der Waals surface area contributed by atoms with E-state index in [1.807, 2.05) is 24.3 Å². The lowest BCUT2D eigenvalue weighted by Crippen LogP contribution is -2.58. The Morgan fingerprint density at radius 2 is 2.19 bits per heavy atom. The molecule has 2 unspecified atom stereocenters. The Morgan fingerprint density at radius 1 is 1.29 bits per heavy atom. The number of aromatic nitrogens is 1. The van der Waals surface area contributed by atoms with Gasteiger partial charge in [-0.25, -0.2) is 0 Å². The van der Waals surface area contributed by atoms with Crippen molar-refractivity contribution in [1.82, 2.24) is 15.0 Å². The maximum absolute atomic E-state index is 13.0. The summed E-state index contributed by atoms with van der Waals surface area (Å²) in [6.45, 7) is 3.25. The third-order valence-electron chi connectivity index (χ3n) is 5.41. The third kappa shape index (κ3) is 1.55. The average molecular weight is 283 g/mol. The van der Waals surface area contributed by atoms with Gasteiger partial charge < -0.3 is 9.42 Å². The highest BCUT2D eigenvalue weighted by Gasteiger charge is 2.51. The number of carbonyl (C=O) groups is 1. The molecule has 2 aromatic rings. The molecule has 4 atom stereocenters. The fourth-order valence-corrected chi connectivity index (χ4v) is 4.47. The van der Waals surface area contributed by atoms with E-state index < -0.39 is 0 Å². The van der Waals surface area contributed by atoms with Crippen LogP contribution in [0.4, 0.5) is 0 Å². The van der Waals surface area contributed by atoms with E-state index in [9.17, 15) is 4.79 Å². The molecule has 5 nitrogen and oxygen atoms in total. The highest BCUT2D eigenvalue weighted by molar-refractivity contribution is 6.04. The Balaban J connectivity index is 1.55. The van der Waals surface area contributed by atoms with Crippen LogP contribution < -0.4 is 0 Å². The number of para-hydroxylation sites is 1. The highest BCUT2D eigenvalue weighted by atomic mass is 16.5. The van der Waals surface area contributed by atoms with E-state index in [1.54, 1.807) is 0 Å². The molecular formula is C16H17N3O2. The largest absolute Gasteiger partial charge is 0.355 e. The monoisotopic (exact) mass is 283 g/mol. The number of piperidine rings is 1. The average Bonchev–Trinajstić information content (AvgIpc) is 2.96. The van der Waals surface area contributed by atoms with Gasteiger partial charge in [0.1, 0.15) is 0 Å². The van der Waals surface area contributed by atoms with Crippen molar-refractivity contribution in [1.29, 1.82) is 0 Å². The van der Waals surface area contributed by atoms with E-state index in [2.05, 4.69) is 15.0 Å². The minimum Gasteiger partial charge on any atom is -0.355 e. The number of rotatable bonds is 1. The molecule has 0 radical (unpaired) electrons. The van der Waals surface area contributed by atoms with E-state index in [-0.39, 0.29) is 5.91 Å². The molecule has 4 heterocycles. The van der Waals surface area contributed by atoms with Crippen molar-refractivity contribution < 1.29 is 9.32 Å². The highest BCUT2D eigenvalue weighted by Crippen LogP contribution is 2.41. The van der Waals surface area contributed by atoms with Gasteiger partial charge in [0.15, 0.2) is 11.3 Å². The minimum absolute atomic E-state index is 0.0546. The van der Waals surface area contributed by atoms with E-state index in [0.717, 1.165) is 24.9 Å². The number of nitrogens with zero attached hydrogens (tertiary/aromatic N) is 3. The lowest BCUT2D eigenvalue weighted by Gasteiger charge is -2.44. The maximum Gasteiger partial charge on any atom is 0.277 e. The number of fused-ring (bicyclic) bond motifs is 3. The molecule has 3 saturated heterocycles. The van der Waals surface area contributed by atoms with E-state index in [0.29, 0.717) is 29.3 Å². The molecule has 108 valence electrons. The van der Waals surface area contributed by atoms with Crippen LogP contribution in [0, 0.1) is 5.92 Å². The van der Waals surface area contributed by atoms with E-state index >= 15 is 0 Å². The van der Waals surface area contributed by atoms with Crippen LogP contribution in [0.25, 0.3) is 11.0 Å². The van der Waals surface area contributed by atoms with Crippen molar-refractivity contribution in [3.05, 3.63) is 30.0 Å². The summed E-state index contributed by atoms with van der Waals surface area (Å²) in [6.07, 6.45) is 2.38. The van der Waals surface area contributed by atoms with Gasteiger partial charge in [-0.05, 0) is 37.4 Å². The standard InChI is InChI=1S/C16H17N3O2/c20-16(15-12-3-1-2-4-14(12)21-17-15)19-11-7-10-5-6-18(8-11)9-13(10)19/h1-4,10-11,13H,5-9H2/t10-,11?,13-/m1/s1. The van der Waals surface area contributed by atoms with Crippen LogP contribution in [0.5, 0.6) is 0 Å². The summed E-state index contributed by atoms with van der Waals surface area (Å²) in [7, 11) is 0. The fourth-order valence-electron chi connectivity index (χ4n) is 4.47. The Morgan fingerprint density at radius 3 is 3.14 bits per heavy atom. The Kier molecular flexibility index (Phi) is 2.28. The van der Waals surface area contributed by atoms with Gasteiger partial charge in [0, 0.05) is 25.2 Å². The lowest BCUT2D eigenvalue weighted by molar-refractivity contribution is 0.0255. The fraction of sp³-hybridized carbons (Fsp3) is 0.500. The van der Waals surface area contributed by atoms with Crippen molar-refractivity contribution in [3.63, 3.8) is 0 Å². The molecule has 1 aromatic heterocycles. The molecular weight excluding hydrogens is 266 g/mol. The van der Waals surface area contributed by atoms with Gasteiger partial charge >= 0.3 is 0 Å². The second kappa shape index (κ2) is 4.07. The minimum atomic E-state index is 0.0546. The molecule has 3 fully saturated rings. The molecule has 5 rings (SSSR count). The van der Waals surface area contributed by atoms with Crippen LogP contribution >= 0.6 is 0 Å². The number of hydrogen-bond donors (Lipinski definition) is 0. The SMILES string of the molecule is O=C(c1noc2ccccc12)N1C2C[C@H]3CCN(C2)C[C@H]31. The number of carbonyl (C=O) groups excluding carboxylic acids is 1. The predicted octanol–water partition coefficient (Wildman–Crippen LogP) is 1.75. The van der Waals surface area contributed by atoms with Gasteiger partial charge in [0.25, 0.3) is 5.91 Å². The molecule has 0 saturated carbocycles. The molecule has 5 heteroatoms. The van der Waals surface area contributed by atoms with Gasteiger partial charge in [-0.1, -0.05) is 17.3 Å². The van der Waals surface area contributed by atoms with Crippen LogP contribution in [0.2, 0.25) is 0 Å². The third-order valence-corrected chi connectivity index (χ3v) is 5.41. The summed E-state index contributed by atoms with van der Waals surface area (Å²) in [5, 5.41) is 4.88. The molecule has 1 amide bonds. The van der Waals surface area contributed by atoms with Crippen molar-refractivity contribution in [2.45, 2.75) is 24.9 Å². The van der Waals surface area contributed by atoms with E-state index in [1.165, 1.54) is 13.0 Å². The van der Waals surface area contributed by atoms with Crippen LogP contribution in [0.1, 0.15) is 23.3 Å². The zero-order chi connectivity index (χ0) is 14.0. The summed E-state index contributed by atoms with van der Waals surface area (Å²) in [6, 6.07) is 8.34. The maximum atomic E-state index is 13.0. The van der Waals surface area contributed by atoms with Gasteiger partial charge in [-0.3, -0.25) is 9.69 Å². The first-order chi connectivity index (χ1) is 10.3. The van der Waals surface area contributed by atoms with Gasteiger partial charge in [0.2, 0.25) is 0 Å². The summed E-state index contributed by atoms with van der Waals surface area (Å²) >= 11 is 0. The van der Waals surface area contributed by atoms with Gasteiger partial charge in [-0.2, -0.15) is 0 Å². The number of piperazine rings is 1. The Bertz CT molecular complexity index is 721. The van der Waals surface area contributed by atoms with Gasteiger partial charge in [0.05, 0.1) is 5.39 Å². The zero-order valence-corrected chi connectivity index (χ0v) is 11.7. The molecule has 3 aliphatic heterocycles. The Labute approximate surface area is 122 Å². The number of hydrogen-bond acceptors (Lipinski definition) is 4. The van der Waals surface area contributed by atoms with Crippen molar-refractivity contribution in [2.24, 2.45) is 5.92 Å². The molecule has 0 spiro atoms. The smallest absolute Gasteiger partial charge is 0.277 e. The Hall–Kier alpha value is -1.88. The summed E-state index contributed by atoms with van der Waals surface area (Å²) < 4.78 is 5.31. The van der Waals surface area contributed by atoms with Gasteiger partial charge in [-0.15, -0.1) is 0 Å². The van der Waals surface area contributed by atoms with Crippen LogP contribution in [-0.2, 0) is 0 Å². The second-order valence-electron chi connectivity index (χ2n) is 6.50. The predicted molar refractivity (Wildman–Crippen MR) is 76.9 cm³/mol. The molecule has 3 aliphatic rings. The van der Waals surface area contributed by atoms with Crippen molar-refractivity contribution >= 4 is 16.9 Å². The zero-order valence-electron chi connectivity index (χ0n) is 11.7. The summed E-state index contributed by atoms with van der Waals surface area (Å²) in [5.74, 6) is 0.731.